The quantitative estimate of drug-likeness (QED) is 0.404. The smallest absolute Gasteiger partial charge is 0.0156 e. The molecule has 0 aromatic heterocycles. The van der Waals surface area contributed by atoms with Crippen molar-refractivity contribution in [2.45, 2.75) is 33.6 Å². The van der Waals surface area contributed by atoms with E-state index < -0.39 is 0 Å². The molecule has 0 heterocycles. The SMILES string of the molecule is C=CC=C(C=C(C=CC)CC)C(C)CC=C. The molecule has 1 unspecified atom stereocenters. The number of hydrogen-bond acceptors (Lipinski definition) is 0. The molecule has 0 saturated heterocycles. The summed E-state index contributed by atoms with van der Waals surface area (Å²) in [6, 6.07) is 0. The molecule has 0 bridgehead atoms. The molecule has 0 rings (SSSR count). The average Bonchev–Trinajstić information content (AvgIpc) is 2.27. The first-order valence-electron chi connectivity index (χ1n) is 5.96. The fraction of sp³-hybridized carbons (Fsp3) is 0.375. The van der Waals surface area contributed by atoms with Crippen molar-refractivity contribution in [3.8, 4) is 0 Å². The van der Waals surface area contributed by atoms with Crippen molar-refractivity contribution < 1.29 is 0 Å². The molecule has 0 fully saturated rings. The van der Waals surface area contributed by atoms with E-state index in [4.69, 9.17) is 0 Å². The lowest BCUT2D eigenvalue weighted by Crippen LogP contribution is -1.96. The highest BCUT2D eigenvalue weighted by molar-refractivity contribution is 5.33. The monoisotopic (exact) mass is 216 g/mol. The Morgan fingerprint density at radius 3 is 2.44 bits per heavy atom. The van der Waals surface area contributed by atoms with Gasteiger partial charge < -0.3 is 0 Å². The van der Waals surface area contributed by atoms with Crippen molar-refractivity contribution in [3.63, 3.8) is 0 Å². The van der Waals surface area contributed by atoms with Gasteiger partial charge in [-0.3, -0.25) is 0 Å². The maximum atomic E-state index is 3.79. The first kappa shape index (κ1) is 14.7. The van der Waals surface area contributed by atoms with E-state index in [2.05, 4.69) is 51.3 Å². The Balaban J connectivity index is 4.98. The van der Waals surface area contributed by atoms with E-state index >= 15 is 0 Å². The Bertz CT molecular complexity index is 300. The molecule has 0 radical (unpaired) electrons. The third-order valence-corrected chi connectivity index (χ3v) is 2.54. The van der Waals surface area contributed by atoms with Crippen LogP contribution in [-0.2, 0) is 0 Å². The molecule has 0 nitrogen and oxygen atoms in total. The van der Waals surface area contributed by atoms with Crippen molar-refractivity contribution in [1.82, 2.24) is 0 Å². The fourth-order valence-corrected chi connectivity index (χ4v) is 1.57. The van der Waals surface area contributed by atoms with E-state index in [1.165, 1.54) is 11.1 Å². The maximum Gasteiger partial charge on any atom is -0.0156 e. The predicted octanol–water partition coefficient (Wildman–Crippen LogP) is 5.22. The Morgan fingerprint density at radius 2 is 2.00 bits per heavy atom. The summed E-state index contributed by atoms with van der Waals surface area (Å²) in [4.78, 5) is 0. The Labute approximate surface area is 101 Å². The summed E-state index contributed by atoms with van der Waals surface area (Å²) in [5.74, 6) is 0.502. The van der Waals surface area contributed by atoms with Crippen LogP contribution >= 0.6 is 0 Å². The van der Waals surface area contributed by atoms with Crippen molar-refractivity contribution in [1.29, 1.82) is 0 Å². The van der Waals surface area contributed by atoms with Crippen molar-refractivity contribution in [3.05, 3.63) is 60.8 Å². The molecule has 0 aliphatic carbocycles. The van der Waals surface area contributed by atoms with Gasteiger partial charge in [-0.1, -0.05) is 56.9 Å². The predicted molar refractivity (Wildman–Crippen MR) is 75.4 cm³/mol. The van der Waals surface area contributed by atoms with Crippen LogP contribution in [0.4, 0.5) is 0 Å². The summed E-state index contributed by atoms with van der Waals surface area (Å²) in [5, 5.41) is 0. The van der Waals surface area contributed by atoms with Gasteiger partial charge in [0.1, 0.15) is 0 Å². The minimum absolute atomic E-state index is 0.502. The number of rotatable bonds is 7. The molecule has 0 heteroatoms. The van der Waals surface area contributed by atoms with Gasteiger partial charge in [0.25, 0.3) is 0 Å². The van der Waals surface area contributed by atoms with Crippen LogP contribution in [0.3, 0.4) is 0 Å². The van der Waals surface area contributed by atoms with Gasteiger partial charge in [-0.25, -0.2) is 0 Å². The van der Waals surface area contributed by atoms with Gasteiger partial charge in [-0.15, -0.1) is 6.58 Å². The van der Waals surface area contributed by atoms with Crippen LogP contribution in [0.2, 0.25) is 0 Å². The van der Waals surface area contributed by atoms with Gasteiger partial charge in [-0.05, 0) is 36.8 Å². The van der Waals surface area contributed by atoms with Gasteiger partial charge in [0.05, 0.1) is 0 Å². The highest BCUT2D eigenvalue weighted by Gasteiger charge is 2.04. The van der Waals surface area contributed by atoms with Crippen LogP contribution in [0, 0.1) is 5.92 Å². The molecule has 1 atom stereocenters. The van der Waals surface area contributed by atoms with Crippen molar-refractivity contribution in [2.24, 2.45) is 5.92 Å². The number of hydrogen-bond donors (Lipinski definition) is 0. The van der Waals surface area contributed by atoms with Gasteiger partial charge in [-0.2, -0.15) is 0 Å². The molecule has 0 aromatic rings. The molecule has 0 aliphatic rings. The minimum Gasteiger partial charge on any atom is -0.103 e. The average molecular weight is 216 g/mol. The van der Waals surface area contributed by atoms with Crippen LogP contribution < -0.4 is 0 Å². The highest BCUT2D eigenvalue weighted by Crippen LogP contribution is 2.19. The third-order valence-electron chi connectivity index (χ3n) is 2.54. The topological polar surface area (TPSA) is 0 Å². The van der Waals surface area contributed by atoms with E-state index in [9.17, 15) is 0 Å². The second-order valence-electron chi connectivity index (χ2n) is 3.90. The van der Waals surface area contributed by atoms with Gasteiger partial charge in [0.15, 0.2) is 0 Å². The molecule has 0 saturated carbocycles. The largest absolute Gasteiger partial charge is 0.103 e. The molecule has 16 heavy (non-hydrogen) atoms. The fourth-order valence-electron chi connectivity index (χ4n) is 1.57. The van der Waals surface area contributed by atoms with E-state index in [-0.39, 0.29) is 0 Å². The zero-order chi connectivity index (χ0) is 12.4. The Hall–Kier alpha value is -1.30. The van der Waals surface area contributed by atoms with Gasteiger partial charge in [0, 0.05) is 0 Å². The van der Waals surface area contributed by atoms with E-state index in [0.717, 1.165) is 12.8 Å². The van der Waals surface area contributed by atoms with Gasteiger partial charge >= 0.3 is 0 Å². The Morgan fingerprint density at radius 1 is 1.31 bits per heavy atom. The molecule has 0 amide bonds. The normalized spacial score (nSPS) is 15.2. The molecular weight excluding hydrogens is 192 g/mol. The molecule has 0 aromatic carbocycles. The second-order valence-corrected chi connectivity index (χ2v) is 3.90. The summed E-state index contributed by atoms with van der Waals surface area (Å²) < 4.78 is 0. The van der Waals surface area contributed by atoms with Gasteiger partial charge in [0.2, 0.25) is 0 Å². The zero-order valence-corrected chi connectivity index (χ0v) is 10.9. The summed E-state index contributed by atoms with van der Waals surface area (Å²) in [6.45, 7) is 14.0. The lowest BCUT2D eigenvalue weighted by Gasteiger charge is -2.11. The first-order valence-corrected chi connectivity index (χ1v) is 5.96. The zero-order valence-electron chi connectivity index (χ0n) is 10.9. The summed E-state index contributed by atoms with van der Waals surface area (Å²) >= 11 is 0. The van der Waals surface area contributed by atoms with Crippen LogP contribution in [-0.4, -0.2) is 0 Å². The summed E-state index contributed by atoms with van der Waals surface area (Å²) in [7, 11) is 0. The Kier molecular flexibility index (Phi) is 8.24. The van der Waals surface area contributed by atoms with E-state index in [0.29, 0.717) is 5.92 Å². The molecule has 0 N–H and O–H groups in total. The highest BCUT2D eigenvalue weighted by atomic mass is 14.1. The van der Waals surface area contributed by atoms with Crippen LogP contribution in [0.25, 0.3) is 0 Å². The van der Waals surface area contributed by atoms with Crippen LogP contribution in [0.5, 0.6) is 0 Å². The van der Waals surface area contributed by atoms with Crippen LogP contribution in [0.15, 0.2) is 60.8 Å². The molecule has 0 aliphatic heterocycles. The first-order chi connectivity index (χ1) is 7.69. The summed E-state index contributed by atoms with van der Waals surface area (Å²) in [6.07, 6.45) is 14.5. The maximum absolute atomic E-state index is 3.79. The summed E-state index contributed by atoms with van der Waals surface area (Å²) in [5.41, 5.74) is 2.68. The lowest BCUT2D eigenvalue weighted by molar-refractivity contribution is 0.712. The number of allylic oxidation sites excluding steroid dienone is 8. The lowest BCUT2D eigenvalue weighted by atomic mass is 9.94. The molecule has 0 spiro atoms. The second kappa shape index (κ2) is 8.96. The van der Waals surface area contributed by atoms with Crippen molar-refractivity contribution >= 4 is 0 Å². The molecule has 88 valence electrons. The van der Waals surface area contributed by atoms with Crippen LogP contribution in [0.1, 0.15) is 33.6 Å². The van der Waals surface area contributed by atoms with Crippen molar-refractivity contribution in [2.75, 3.05) is 0 Å². The van der Waals surface area contributed by atoms with E-state index in [1.807, 2.05) is 19.1 Å². The molecular formula is C16H24. The third kappa shape index (κ3) is 5.55. The standard InChI is InChI=1S/C16H24/c1-6-10-14(5)16(12-8-3)13-15(9-4)11-7-2/h6-8,11-14H,1,3,9-10H2,2,4-5H3. The van der Waals surface area contributed by atoms with E-state index in [1.54, 1.807) is 0 Å². The minimum atomic E-state index is 0.502.